The van der Waals surface area contributed by atoms with Crippen molar-refractivity contribution in [3.63, 3.8) is 0 Å². The summed E-state index contributed by atoms with van der Waals surface area (Å²) in [7, 11) is 4.14. The third-order valence-corrected chi connectivity index (χ3v) is 4.43. The van der Waals surface area contributed by atoms with Crippen LogP contribution in [0.3, 0.4) is 0 Å². The zero-order valence-corrected chi connectivity index (χ0v) is 13.7. The number of hydrogen-bond acceptors (Lipinski definition) is 3. The van der Waals surface area contributed by atoms with Gasteiger partial charge in [-0.25, -0.2) is 8.78 Å². The van der Waals surface area contributed by atoms with Gasteiger partial charge in [0.25, 0.3) is 0 Å². The number of benzene rings is 1. The molecular formula is C17H26F2N2O. The Hall–Kier alpha value is -1.04. The van der Waals surface area contributed by atoms with E-state index >= 15 is 0 Å². The molecule has 0 bridgehead atoms. The topological polar surface area (TPSA) is 15.7 Å². The minimum absolute atomic E-state index is 0.357. The minimum atomic E-state index is -0.792. The van der Waals surface area contributed by atoms with Gasteiger partial charge in [0.05, 0.1) is 13.2 Å². The van der Waals surface area contributed by atoms with Gasteiger partial charge in [-0.2, -0.15) is 0 Å². The van der Waals surface area contributed by atoms with Gasteiger partial charge in [0.1, 0.15) is 0 Å². The van der Waals surface area contributed by atoms with Gasteiger partial charge in [0.15, 0.2) is 11.6 Å². The second kappa shape index (κ2) is 7.99. The summed E-state index contributed by atoms with van der Waals surface area (Å²) in [6, 6.07) is 4.51. The molecule has 1 fully saturated rings. The molecule has 1 aromatic rings. The van der Waals surface area contributed by atoms with Crippen LogP contribution in [0.25, 0.3) is 0 Å². The zero-order chi connectivity index (χ0) is 16.1. The van der Waals surface area contributed by atoms with Crippen LogP contribution in [-0.2, 0) is 11.3 Å². The minimum Gasteiger partial charge on any atom is -0.380 e. The van der Waals surface area contributed by atoms with Crippen molar-refractivity contribution in [2.75, 3.05) is 40.4 Å². The first-order chi connectivity index (χ1) is 10.5. The third kappa shape index (κ3) is 4.73. The Morgan fingerprint density at radius 1 is 1.27 bits per heavy atom. The molecule has 1 saturated heterocycles. The molecule has 3 nitrogen and oxygen atoms in total. The van der Waals surface area contributed by atoms with E-state index < -0.39 is 11.6 Å². The predicted molar refractivity (Wildman–Crippen MR) is 83.7 cm³/mol. The van der Waals surface area contributed by atoms with E-state index in [0.717, 1.165) is 31.7 Å². The molecule has 0 unspecified atom stereocenters. The molecule has 124 valence electrons. The summed E-state index contributed by atoms with van der Waals surface area (Å²) in [6.07, 6.45) is 1.07. The van der Waals surface area contributed by atoms with Crippen LogP contribution < -0.4 is 0 Å². The fourth-order valence-corrected chi connectivity index (χ4v) is 2.90. The molecule has 0 spiro atoms. The standard InChI is InChI=1S/C17H26F2N2O/c1-13-15(6-7-20(2)3)12-22-9-8-21(13)11-14-4-5-16(18)17(19)10-14/h4-5,10,13,15H,6-9,11-12H2,1-3H3/t13-,15+/m0/s1. The lowest BCUT2D eigenvalue weighted by Crippen LogP contribution is -2.39. The second-order valence-electron chi connectivity index (χ2n) is 6.39. The van der Waals surface area contributed by atoms with E-state index in [-0.39, 0.29) is 0 Å². The fourth-order valence-electron chi connectivity index (χ4n) is 2.90. The summed E-state index contributed by atoms with van der Waals surface area (Å²) in [4.78, 5) is 4.48. The molecule has 2 atom stereocenters. The van der Waals surface area contributed by atoms with Crippen molar-refractivity contribution in [3.05, 3.63) is 35.4 Å². The summed E-state index contributed by atoms with van der Waals surface area (Å²) >= 11 is 0. The maximum absolute atomic E-state index is 13.4. The molecule has 0 aromatic heterocycles. The molecule has 1 aromatic carbocycles. The van der Waals surface area contributed by atoms with Crippen LogP contribution in [0.15, 0.2) is 18.2 Å². The molecule has 0 aliphatic carbocycles. The Morgan fingerprint density at radius 2 is 2.05 bits per heavy atom. The van der Waals surface area contributed by atoms with Crippen molar-refractivity contribution in [3.8, 4) is 0 Å². The van der Waals surface area contributed by atoms with Crippen molar-refractivity contribution in [1.82, 2.24) is 9.80 Å². The Kier molecular flexibility index (Phi) is 6.29. The van der Waals surface area contributed by atoms with Crippen molar-refractivity contribution in [2.45, 2.75) is 25.9 Å². The van der Waals surface area contributed by atoms with E-state index in [1.807, 2.05) is 0 Å². The van der Waals surface area contributed by atoms with Crippen molar-refractivity contribution < 1.29 is 13.5 Å². The highest BCUT2D eigenvalue weighted by molar-refractivity contribution is 5.17. The van der Waals surface area contributed by atoms with Crippen LogP contribution in [-0.4, -0.2) is 56.2 Å². The van der Waals surface area contributed by atoms with E-state index in [0.29, 0.717) is 25.1 Å². The highest BCUT2D eigenvalue weighted by Gasteiger charge is 2.26. The smallest absolute Gasteiger partial charge is 0.159 e. The van der Waals surface area contributed by atoms with E-state index in [2.05, 4.69) is 30.8 Å². The number of hydrogen-bond donors (Lipinski definition) is 0. The van der Waals surface area contributed by atoms with Crippen LogP contribution in [0.4, 0.5) is 8.78 Å². The maximum Gasteiger partial charge on any atom is 0.159 e. The molecule has 1 aliphatic heterocycles. The lowest BCUT2D eigenvalue weighted by atomic mass is 9.96. The average Bonchev–Trinajstić information content (AvgIpc) is 2.64. The summed E-state index contributed by atoms with van der Waals surface area (Å²) in [5.74, 6) is -1.12. The van der Waals surface area contributed by atoms with E-state index in [1.165, 1.54) is 12.1 Å². The highest BCUT2D eigenvalue weighted by Crippen LogP contribution is 2.22. The van der Waals surface area contributed by atoms with Gasteiger partial charge in [0, 0.05) is 19.1 Å². The monoisotopic (exact) mass is 312 g/mol. The summed E-state index contributed by atoms with van der Waals surface area (Å²) < 4.78 is 32.1. The fraction of sp³-hybridized carbons (Fsp3) is 0.647. The van der Waals surface area contributed by atoms with Crippen LogP contribution >= 0.6 is 0 Å². The molecule has 0 saturated carbocycles. The largest absolute Gasteiger partial charge is 0.380 e. The van der Waals surface area contributed by atoms with Crippen LogP contribution in [0.2, 0.25) is 0 Å². The van der Waals surface area contributed by atoms with Crippen LogP contribution in [0.5, 0.6) is 0 Å². The van der Waals surface area contributed by atoms with Gasteiger partial charge < -0.3 is 9.64 Å². The Bertz CT molecular complexity index is 482. The Morgan fingerprint density at radius 3 is 2.73 bits per heavy atom. The summed E-state index contributed by atoms with van der Waals surface area (Å²) in [6.45, 7) is 6.13. The van der Waals surface area contributed by atoms with E-state index in [9.17, 15) is 8.78 Å². The molecular weight excluding hydrogens is 286 g/mol. The molecule has 5 heteroatoms. The molecule has 22 heavy (non-hydrogen) atoms. The van der Waals surface area contributed by atoms with Gasteiger partial charge >= 0.3 is 0 Å². The number of rotatable bonds is 5. The van der Waals surface area contributed by atoms with Gasteiger partial charge in [-0.05, 0) is 57.6 Å². The van der Waals surface area contributed by atoms with Crippen molar-refractivity contribution >= 4 is 0 Å². The average molecular weight is 312 g/mol. The molecule has 0 amide bonds. The second-order valence-corrected chi connectivity index (χ2v) is 6.39. The third-order valence-electron chi connectivity index (χ3n) is 4.43. The first-order valence-corrected chi connectivity index (χ1v) is 7.88. The molecule has 1 heterocycles. The van der Waals surface area contributed by atoms with Crippen LogP contribution in [0, 0.1) is 17.6 Å². The predicted octanol–water partition coefficient (Wildman–Crippen LogP) is 2.75. The lowest BCUT2D eigenvalue weighted by Gasteiger charge is -2.32. The van der Waals surface area contributed by atoms with E-state index in [4.69, 9.17) is 4.74 Å². The maximum atomic E-state index is 13.4. The normalized spacial score (nSPS) is 23.7. The molecule has 0 N–H and O–H groups in total. The first kappa shape index (κ1) is 17.3. The molecule has 0 radical (unpaired) electrons. The lowest BCUT2D eigenvalue weighted by molar-refractivity contribution is 0.110. The van der Waals surface area contributed by atoms with E-state index in [1.54, 1.807) is 6.07 Å². The quantitative estimate of drug-likeness (QED) is 0.831. The summed E-state index contributed by atoms with van der Waals surface area (Å²) in [5.41, 5.74) is 0.805. The zero-order valence-electron chi connectivity index (χ0n) is 13.7. The summed E-state index contributed by atoms with van der Waals surface area (Å²) in [5, 5.41) is 0. The highest BCUT2D eigenvalue weighted by atomic mass is 19.2. The van der Waals surface area contributed by atoms with Crippen LogP contribution in [0.1, 0.15) is 18.9 Å². The molecule has 2 rings (SSSR count). The number of nitrogens with zero attached hydrogens (tertiary/aromatic N) is 2. The van der Waals surface area contributed by atoms with Gasteiger partial charge in [0.2, 0.25) is 0 Å². The van der Waals surface area contributed by atoms with Gasteiger partial charge in [-0.1, -0.05) is 6.07 Å². The van der Waals surface area contributed by atoms with Crippen molar-refractivity contribution in [2.24, 2.45) is 5.92 Å². The number of halogens is 2. The van der Waals surface area contributed by atoms with Gasteiger partial charge in [-0.3, -0.25) is 4.90 Å². The van der Waals surface area contributed by atoms with Crippen molar-refractivity contribution in [1.29, 1.82) is 0 Å². The SMILES string of the molecule is C[C@H]1[C@H](CCN(C)C)COCCN1Cc1ccc(F)c(F)c1. The molecule has 1 aliphatic rings. The Balaban J connectivity index is 2.02. The van der Waals surface area contributed by atoms with Gasteiger partial charge in [-0.15, -0.1) is 0 Å². The number of ether oxygens (including phenoxy) is 1. The Labute approximate surface area is 131 Å². The first-order valence-electron chi connectivity index (χ1n) is 7.88.